The standard InChI is InChI=1S/C22H25F3N4O2/c1-11-20-21(28(3)12(2)22(30)29(20)4)27-18(26-11)6-5-13-7-14(8-13)31-15-9-16(23)19(25)17(24)10-15/h9-10,12-14H,5-8H2,1-4H3/t12-,13?,14?/m0/s1. The minimum atomic E-state index is -1.49. The van der Waals surface area contributed by atoms with E-state index in [0.29, 0.717) is 12.3 Å². The second-order valence-corrected chi connectivity index (χ2v) is 8.40. The number of carbonyl (C=O) groups excluding carboxylic acids is 1. The maximum absolute atomic E-state index is 13.3. The Morgan fingerprint density at radius 2 is 1.77 bits per heavy atom. The third-order valence-corrected chi connectivity index (χ3v) is 6.25. The quantitative estimate of drug-likeness (QED) is 0.670. The summed E-state index contributed by atoms with van der Waals surface area (Å²) < 4.78 is 45.2. The number of ether oxygens (including phenoxy) is 1. The summed E-state index contributed by atoms with van der Waals surface area (Å²) in [6.07, 6.45) is 2.90. The Balaban J connectivity index is 1.35. The molecule has 1 fully saturated rings. The van der Waals surface area contributed by atoms with Crippen LogP contribution in [0.3, 0.4) is 0 Å². The SMILES string of the molecule is Cc1nc(CCC2CC(Oc3cc(F)c(F)c(F)c3)C2)nc2c1N(C)C(=O)[C@H](C)N2C. The highest BCUT2D eigenvalue weighted by Gasteiger charge is 2.35. The van der Waals surface area contributed by atoms with Crippen molar-refractivity contribution >= 4 is 17.4 Å². The van der Waals surface area contributed by atoms with Gasteiger partial charge in [-0.1, -0.05) is 0 Å². The molecule has 4 rings (SSSR count). The van der Waals surface area contributed by atoms with E-state index in [1.807, 2.05) is 25.8 Å². The highest BCUT2D eigenvalue weighted by atomic mass is 19.2. The number of halogens is 3. The van der Waals surface area contributed by atoms with Gasteiger partial charge in [-0.15, -0.1) is 0 Å². The van der Waals surface area contributed by atoms with E-state index in [-0.39, 0.29) is 23.8 Å². The first-order valence-electron chi connectivity index (χ1n) is 10.3. The number of anilines is 2. The average Bonchev–Trinajstić information content (AvgIpc) is 2.69. The topological polar surface area (TPSA) is 58.6 Å². The molecule has 1 amide bonds. The van der Waals surface area contributed by atoms with Gasteiger partial charge in [-0.25, -0.2) is 23.1 Å². The molecule has 1 saturated carbocycles. The Bertz CT molecular complexity index is 1000. The molecular formula is C22H25F3N4O2. The summed E-state index contributed by atoms with van der Waals surface area (Å²) in [7, 11) is 3.60. The molecule has 2 heterocycles. The highest BCUT2D eigenvalue weighted by Crippen LogP contribution is 2.37. The van der Waals surface area contributed by atoms with Crippen molar-refractivity contribution < 1.29 is 22.7 Å². The summed E-state index contributed by atoms with van der Waals surface area (Å²) in [6.45, 7) is 3.73. The van der Waals surface area contributed by atoms with Gasteiger partial charge >= 0.3 is 0 Å². The number of benzene rings is 1. The largest absolute Gasteiger partial charge is 0.490 e. The first kappa shape index (κ1) is 21.4. The van der Waals surface area contributed by atoms with Crippen LogP contribution in [0.5, 0.6) is 5.75 Å². The van der Waals surface area contributed by atoms with Crippen molar-refractivity contribution in [2.45, 2.75) is 51.7 Å². The summed E-state index contributed by atoms with van der Waals surface area (Å²) in [4.78, 5) is 25.2. The number of likely N-dealkylation sites (N-methyl/N-ethyl adjacent to an activating group) is 2. The van der Waals surface area contributed by atoms with Crippen molar-refractivity contribution in [2.75, 3.05) is 23.9 Å². The number of aromatic nitrogens is 2. The zero-order valence-electron chi connectivity index (χ0n) is 18.0. The van der Waals surface area contributed by atoms with Crippen molar-refractivity contribution in [3.05, 3.63) is 41.1 Å². The highest BCUT2D eigenvalue weighted by molar-refractivity contribution is 6.04. The molecule has 0 saturated heterocycles. The maximum Gasteiger partial charge on any atom is 0.249 e. The molecule has 1 aromatic heterocycles. The number of rotatable bonds is 5. The van der Waals surface area contributed by atoms with Gasteiger partial charge in [-0.3, -0.25) is 4.79 Å². The molecule has 0 bridgehead atoms. The molecule has 0 radical (unpaired) electrons. The van der Waals surface area contributed by atoms with Gasteiger partial charge in [-0.05, 0) is 39.0 Å². The van der Waals surface area contributed by atoms with Crippen LogP contribution in [0.4, 0.5) is 24.7 Å². The number of hydrogen-bond acceptors (Lipinski definition) is 5. The number of aryl methyl sites for hydroxylation is 2. The van der Waals surface area contributed by atoms with E-state index in [1.165, 1.54) is 0 Å². The second-order valence-electron chi connectivity index (χ2n) is 8.40. The van der Waals surface area contributed by atoms with E-state index < -0.39 is 17.5 Å². The van der Waals surface area contributed by atoms with Crippen LogP contribution in [0.1, 0.15) is 37.7 Å². The van der Waals surface area contributed by atoms with Gasteiger partial charge in [0, 0.05) is 32.6 Å². The number of fused-ring (bicyclic) bond motifs is 1. The van der Waals surface area contributed by atoms with Crippen molar-refractivity contribution in [1.82, 2.24) is 9.97 Å². The Morgan fingerprint density at radius 3 is 2.42 bits per heavy atom. The molecular weight excluding hydrogens is 409 g/mol. The van der Waals surface area contributed by atoms with Crippen LogP contribution in [0.25, 0.3) is 0 Å². The molecule has 31 heavy (non-hydrogen) atoms. The van der Waals surface area contributed by atoms with Crippen LogP contribution >= 0.6 is 0 Å². The molecule has 2 aliphatic rings. The second kappa shape index (κ2) is 8.01. The molecule has 0 spiro atoms. The lowest BCUT2D eigenvalue weighted by Crippen LogP contribution is -2.50. The molecule has 1 aliphatic carbocycles. The molecule has 0 N–H and O–H groups in total. The zero-order chi connectivity index (χ0) is 22.4. The first-order valence-corrected chi connectivity index (χ1v) is 10.3. The smallest absolute Gasteiger partial charge is 0.249 e. The average molecular weight is 434 g/mol. The van der Waals surface area contributed by atoms with Crippen LogP contribution in [-0.4, -0.2) is 42.1 Å². The van der Waals surface area contributed by atoms with E-state index in [4.69, 9.17) is 9.72 Å². The zero-order valence-corrected chi connectivity index (χ0v) is 18.0. The maximum atomic E-state index is 13.3. The molecule has 1 aliphatic heterocycles. The first-order chi connectivity index (χ1) is 14.7. The van der Waals surface area contributed by atoms with E-state index in [0.717, 1.165) is 54.4 Å². The van der Waals surface area contributed by atoms with Gasteiger partial charge < -0.3 is 14.5 Å². The summed E-state index contributed by atoms with van der Waals surface area (Å²) in [5.74, 6) is -2.11. The number of nitrogens with zero attached hydrogens (tertiary/aromatic N) is 4. The normalized spacial score (nSPS) is 22.9. The van der Waals surface area contributed by atoms with Crippen LogP contribution < -0.4 is 14.5 Å². The fraction of sp³-hybridized carbons (Fsp3) is 0.500. The molecule has 1 aromatic carbocycles. The molecule has 2 aromatic rings. The molecule has 1 atom stereocenters. The fourth-order valence-corrected chi connectivity index (χ4v) is 4.23. The van der Waals surface area contributed by atoms with Gasteiger partial charge in [0.05, 0.1) is 11.8 Å². The fourth-order valence-electron chi connectivity index (χ4n) is 4.23. The number of amides is 1. The Morgan fingerprint density at radius 1 is 1.13 bits per heavy atom. The van der Waals surface area contributed by atoms with E-state index in [2.05, 4.69) is 4.98 Å². The van der Waals surface area contributed by atoms with Gasteiger partial charge in [0.1, 0.15) is 23.3 Å². The van der Waals surface area contributed by atoms with E-state index in [1.54, 1.807) is 11.9 Å². The van der Waals surface area contributed by atoms with Gasteiger partial charge in [-0.2, -0.15) is 0 Å². The summed E-state index contributed by atoms with van der Waals surface area (Å²) in [5, 5.41) is 0. The van der Waals surface area contributed by atoms with Crippen molar-refractivity contribution in [3.8, 4) is 5.75 Å². The van der Waals surface area contributed by atoms with Crippen LogP contribution in [0.15, 0.2) is 12.1 Å². The van der Waals surface area contributed by atoms with Crippen molar-refractivity contribution in [3.63, 3.8) is 0 Å². The van der Waals surface area contributed by atoms with Gasteiger partial charge in [0.15, 0.2) is 23.3 Å². The van der Waals surface area contributed by atoms with E-state index >= 15 is 0 Å². The van der Waals surface area contributed by atoms with Crippen molar-refractivity contribution in [2.24, 2.45) is 5.92 Å². The van der Waals surface area contributed by atoms with Crippen LogP contribution in [-0.2, 0) is 11.2 Å². The summed E-state index contributed by atoms with van der Waals surface area (Å²) >= 11 is 0. The lowest BCUT2D eigenvalue weighted by atomic mass is 9.79. The van der Waals surface area contributed by atoms with Crippen LogP contribution in [0, 0.1) is 30.3 Å². The lowest BCUT2D eigenvalue weighted by Gasteiger charge is -2.38. The number of carbonyl (C=O) groups is 1. The molecule has 6 nitrogen and oxygen atoms in total. The number of hydrogen-bond donors (Lipinski definition) is 0. The molecule has 0 unspecified atom stereocenters. The monoisotopic (exact) mass is 434 g/mol. The van der Waals surface area contributed by atoms with Crippen molar-refractivity contribution in [1.29, 1.82) is 0 Å². The van der Waals surface area contributed by atoms with Gasteiger partial charge in [0.2, 0.25) is 5.91 Å². The van der Waals surface area contributed by atoms with Crippen LogP contribution in [0.2, 0.25) is 0 Å². The third kappa shape index (κ3) is 3.93. The predicted octanol–water partition coefficient (Wildman–Crippen LogP) is 3.79. The van der Waals surface area contributed by atoms with Gasteiger partial charge in [0.25, 0.3) is 0 Å². The third-order valence-electron chi connectivity index (χ3n) is 6.25. The summed E-state index contributed by atoms with van der Waals surface area (Å²) in [6, 6.07) is 1.45. The Labute approximate surface area is 179 Å². The Hall–Kier alpha value is -2.84. The summed E-state index contributed by atoms with van der Waals surface area (Å²) in [5.41, 5.74) is 1.51. The van der Waals surface area contributed by atoms with E-state index in [9.17, 15) is 18.0 Å². The lowest BCUT2D eigenvalue weighted by molar-refractivity contribution is -0.119. The molecule has 166 valence electrons. The molecule has 9 heteroatoms. The predicted molar refractivity (Wildman–Crippen MR) is 110 cm³/mol. The minimum absolute atomic E-state index is 0.00400. The minimum Gasteiger partial charge on any atom is -0.490 e. The Kier molecular flexibility index (Phi) is 5.53.